The van der Waals surface area contributed by atoms with Gasteiger partial charge in [0, 0.05) is 30.1 Å². The third kappa shape index (κ3) is 4.78. The van der Waals surface area contributed by atoms with Crippen LogP contribution >= 0.6 is 0 Å². The zero-order valence-corrected chi connectivity index (χ0v) is 16.8. The molecule has 30 heavy (non-hydrogen) atoms. The molecule has 0 radical (unpaired) electrons. The van der Waals surface area contributed by atoms with Crippen LogP contribution in [0.3, 0.4) is 0 Å². The summed E-state index contributed by atoms with van der Waals surface area (Å²) in [4.78, 5) is 26.8. The van der Waals surface area contributed by atoms with Crippen molar-refractivity contribution in [2.45, 2.75) is 4.90 Å². The fourth-order valence-electron chi connectivity index (χ4n) is 2.62. The van der Waals surface area contributed by atoms with Crippen LogP contribution in [0.5, 0.6) is 11.5 Å². The number of sulfone groups is 1. The number of carbonyl (C=O) groups excluding carboxylic acids is 1. The summed E-state index contributed by atoms with van der Waals surface area (Å²) in [6.07, 6.45) is 2.39. The summed E-state index contributed by atoms with van der Waals surface area (Å²) in [5.41, 5.74) is 0.685. The largest absolute Gasteiger partial charge is 0.465 e. The van der Waals surface area contributed by atoms with Gasteiger partial charge >= 0.3 is 5.97 Å². The van der Waals surface area contributed by atoms with Crippen LogP contribution < -0.4 is 4.74 Å². The van der Waals surface area contributed by atoms with Crippen molar-refractivity contribution >= 4 is 21.5 Å². The first-order chi connectivity index (χ1) is 14.2. The Balaban J connectivity index is 2.02. The summed E-state index contributed by atoms with van der Waals surface area (Å²) in [5, 5.41) is 11.0. The summed E-state index contributed by atoms with van der Waals surface area (Å²) < 4.78 is 33.7. The Kier molecular flexibility index (Phi) is 5.79. The maximum absolute atomic E-state index is 12.1. The molecule has 3 rings (SSSR count). The molecule has 0 aliphatic rings. The summed E-state index contributed by atoms with van der Waals surface area (Å²) in [6, 6.07) is 12.8. The van der Waals surface area contributed by atoms with Gasteiger partial charge in [-0.1, -0.05) is 0 Å². The number of aromatic nitrogens is 1. The van der Waals surface area contributed by atoms with E-state index in [1.165, 1.54) is 61.8 Å². The number of nitrogens with zero attached hydrogens (tertiary/aromatic N) is 2. The lowest BCUT2D eigenvalue weighted by Gasteiger charge is -2.11. The van der Waals surface area contributed by atoms with Crippen molar-refractivity contribution in [1.29, 1.82) is 0 Å². The topological polar surface area (TPSA) is 126 Å². The van der Waals surface area contributed by atoms with Crippen molar-refractivity contribution in [2.75, 3.05) is 13.4 Å². The van der Waals surface area contributed by atoms with Gasteiger partial charge in [0.25, 0.3) is 5.69 Å². The zero-order chi connectivity index (χ0) is 21.9. The highest BCUT2D eigenvalue weighted by molar-refractivity contribution is 7.90. The van der Waals surface area contributed by atoms with Crippen molar-refractivity contribution in [3.63, 3.8) is 0 Å². The van der Waals surface area contributed by atoms with Crippen molar-refractivity contribution in [2.24, 2.45) is 0 Å². The molecule has 154 valence electrons. The normalized spacial score (nSPS) is 11.0. The fraction of sp³-hybridized carbons (Fsp3) is 0.100. The van der Waals surface area contributed by atoms with Crippen LogP contribution in [-0.2, 0) is 14.6 Å². The third-order valence-electron chi connectivity index (χ3n) is 4.07. The molecule has 0 fully saturated rings. The van der Waals surface area contributed by atoms with Crippen molar-refractivity contribution < 1.29 is 27.6 Å². The molecular formula is C20H16N2O7S. The first-order valence-electron chi connectivity index (χ1n) is 8.49. The van der Waals surface area contributed by atoms with Gasteiger partial charge in [-0.2, -0.15) is 0 Å². The molecule has 0 aliphatic heterocycles. The van der Waals surface area contributed by atoms with Gasteiger partial charge in [0.15, 0.2) is 9.84 Å². The second-order valence-electron chi connectivity index (χ2n) is 6.24. The minimum Gasteiger partial charge on any atom is -0.465 e. The van der Waals surface area contributed by atoms with Crippen LogP contribution in [0.4, 0.5) is 5.69 Å². The number of benzene rings is 2. The van der Waals surface area contributed by atoms with E-state index in [0.29, 0.717) is 11.3 Å². The summed E-state index contributed by atoms with van der Waals surface area (Å²) in [5.74, 6) is -0.0461. The molecule has 9 nitrogen and oxygen atoms in total. The molecule has 1 aromatic heterocycles. The smallest absolute Gasteiger partial charge is 0.338 e. The van der Waals surface area contributed by atoms with Crippen molar-refractivity contribution in [3.05, 3.63) is 76.5 Å². The Morgan fingerprint density at radius 1 is 1.03 bits per heavy atom. The minimum atomic E-state index is -3.35. The molecule has 2 aromatic carbocycles. The molecule has 0 spiro atoms. The highest BCUT2D eigenvalue weighted by atomic mass is 32.2. The average molecular weight is 428 g/mol. The van der Waals surface area contributed by atoms with E-state index in [9.17, 15) is 23.3 Å². The SMILES string of the molecule is COC(=O)c1cc(Oc2ccc(S(C)(=O)=O)cc2)cc(-c2cc([N+](=O)[O-])ccn2)c1. The van der Waals surface area contributed by atoms with E-state index >= 15 is 0 Å². The van der Waals surface area contributed by atoms with Gasteiger partial charge in [0.1, 0.15) is 11.5 Å². The highest BCUT2D eigenvalue weighted by Crippen LogP contribution is 2.30. The van der Waals surface area contributed by atoms with Crippen molar-refractivity contribution in [1.82, 2.24) is 4.98 Å². The van der Waals surface area contributed by atoms with Crippen LogP contribution in [-0.4, -0.2) is 37.7 Å². The van der Waals surface area contributed by atoms with E-state index in [1.807, 2.05) is 0 Å². The Morgan fingerprint density at radius 2 is 1.73 bits per heavy atom. The predicted molar refractivity (Wildman–Crippen MR) is 107 cm³/mol. The molecule has 0 bridgehead atoms. The lowest BCUT2D eigenvalue weighted by molar-refractivity contribution is -0.384. The molecule has 0 aliphatic carbocycles. The van der Waals surface area contributed by atoms with E-state index in [2.05, 4.69) is 4.98 Å². The first-order valence-corrected chi connectivity index (χ1v) is 10.4. The molecule has 0 saturated heterocycles. The van der Waals surface area contributed by atoms with Crippen LogP contribution in [0.1, 0.15) is 10.4 Å². The van der Waals surface area contributed by atoms with Gasteiger partial charge in [-0.3, -0.25) is 15.1 Å². The Bertz CT molecular complexity index is 1220. The van der Waals surface area contributed by atoms with E-state index in [0.717, 1.165) is 6.26 Å². The van der Waals surface area contributed by atoms with Crippen LogP contribution in [0.2, 0.25) is 0 Å². The quantitative estimate of drug-likeness (QED) is 0.331. The number of methoxy groups -OCH3 is 1. The molecule has 0 saturated carbocycles. The van der Waals surface area contributed by atoms with Crippen molar-refractivity contribution in [3.8, 4) is 22.8 Å². The number of hydrogen-bond donors (Lipinski definition) is 0. The lowest BCUT2D eigenvalue weighted by atomic mass is 10.1. The summed E-state index contributed by atoms with van der Waals surface area (Å²) in [6.45, 7) is 0. The minimum absolute atomic E-state index is 0.139. The van der Waals surface area contributed by atoms with Gasteiger partial charge in [0.2, 0.25) is 0 Å². The molecule has 10 heteroatoms. The molecule has 3 aromatic rings. The van der Waals surface area contributed by atoms with Gasteiger partial charge in [-0.15, -0.1) is 0 Å². The van der Waals surface area contributed by atoms with Gasteiger partial charge < -0.3 is 9.47 Å². The first kappa shape index (κ1) is 20.9. The Morgan fingerprint density at radius 3 is 2.33 bits per heavy atom. The molecule has 0 amide bonds. The number of hydrogen-bond acceptors (Lipinski definition) is 8. The van der Waals surface area contributed by atoms with E-state index < -0.39 is 20.7 Å². The standard InChI is InChI=1S/C20H16N2O7S/c1-28-20(23)14-9-13(19-12-15(22(24)25)7-8-21-19)10-17(11-14)29-16-3-5-18(6-4-16)30(2,26)27/h3-12H,1-2H3. The number of esters is 1. The summed E-state index contributed by atoms with van der Waals surface area (Å²) >= 11 is 0. The van der Waals surface area contributed by atoms with E-state index in [-0.39, 0.29) is 27.6 Å². The highest BCUT2D eigenvalue weighted by Gasteiger charge is 2.15. The average Bonchev–Trinajstić information content (AvgIpc) is 2.72. The second-order valence-corrected chi connectivity index (χ2v) is 8.26. The third-order valence-corrected chi connectivity index (χ3v) is 5.19. The molecule has 0 unspecified atom stereocenters. The van der Waals surface area contributed by atoms with Crippen LogP contribution in [0, 0.1) is 10.1 Å². The monoisotopic (exact) mass is 428 g/mol. The zero-order valence-electron chi connectivity index (χ0n) is 15.9. The van der Waals surface area contributed by atoms with Gasteiger partial charge in [-0.25, -0.2) is 13.2 Å². The Hall–Kier alpha value is -3.79. The maximum Gasteiger partial charge on any atom is 0.338 e. The molecular weight excluding hydrogens is 412 g/mol. The number of carbonyl (C=O) groups is 1. The van der Waals surface area contributed by atoms with Crippen LogP contribution in [0.25, 0.3) is 11.3 Å². The lowest BCUT2D eigenvalue weighted by Crippen LogP contribution is -2.02. The number of nitro groups is 1. The van der Waals surface area contributed by atoms with Crippen LogP contribution in [0.15, 0.2) is 65.7 Å². The second kappa shape index (κ2) is 8.29. The number of pyridine rings is 1. The fourth-order valence-corrected chi connectivity index (χ4v) is 3.25. The molecule has 0 N–H and O–H groups in total. The van der Waals surface area contributed by atoms with Gasteiger partial charge in [-0.05, 0) is 42.5 Å². The summed E-state index contributed by atoms with van der Waals surface area (Å²) in [7, 11) is -2.12. The Labute approximate surface area is 172 Å². The maximum atomic E-state index is 12.1. The predicted octanol–water partition coefficient (Wildman–Crippen LogP) is 3.64. The number of rotatable bonds is 6. The molecule has 1 heterocycles. The van der Waals surface area contributed by atoms with Gasteiger partial charge in [0.05, 0.1) is 28.2 Å². The number of ether oxygens (including phenoxy) is 2. The van der Waals surface area contributed by atoms with E-state index in [4.69, 9.17) is 9.47 Å². The molecule has 0 atom stereocenters. The van der Waals surface area contributed by atoms with E-state index in [1.54, 1.807) is 6.07 Å².